The van der Waals surface area contributed by atoms with Crippen LogP contribution in [0.1, 0.15) is 27.2 Å². The van der Waals surface area contributed by atoms with Crippen LogP contribution in [-0.4, -0.2) is 18.8 Å². The van der Waals surface area contributed by atoms with Crippen LogP contribution in [0.25, 0.3) is 0 Å². The van der Waals surface area contributed by atoms with E-state index in [1.54, 1.807) is 0 Å². The second kappa shape index (κ2) is 4.57. The Labute approximate surface area is 103 Å². The number of hydrogen-bond acceptors (Lipinski definition) is 3. The fourth-order valence-corrected chi connectivity index (χ4v) is 2.06. The fraction of sp³-hybridized carbons (Fsp3) is 0.571. The van der Waals surface area contributed by atoms with Gasteiger partial charge in [0, 0.05) is 17.9 Å². The van der Waals surface area contributed by atoms with E-state index in [9.17, 15) is 0 Å². The number of rotatable bonds is 4. The molecule has 0 bridgehead atoms. The molecule has 0 saturated heterocycles. The van der Waals surface area contributed by atoms with Crippen molar-refractivity contribution in [2.24, 2.45) is 11.1 Å². The molecule has 2 unspecified atom stereocenters. The Kier molecular flexibility index (Phi) is 3.29. The summed E-state index contributed by atoms with van der Waals surface area (Å²) in [5, 5.41) is 0. The van der Waals surface area contributed by atoms with E-state index in [1.165, 1.54) is 0 Å². The van der Waals surface area contributed by atoms with E-state index in [4.69, 9.17) is 15.2 Å². The van der Waals surface area contributed by atoms with Gasteiger partial charge in [0.25, 0.3) is 0 Å². The zero-order chi connectivity index (χ0) is 12.5. The standard InChI is InChI=1S/C14H21NO2/c1-4-16-10-5-7-11(8-6-10)17-13-9-12(15)14(13,2)3/h5-8,12-13H,4,9,15H2,1-3H3. The van der Waals surface area contributed by atoms with Crippen molar-refractivity contribution in [3.05, 3.63) is 24.3 Å². The molecular formula is C14H21NO2. The second-order valence-electron chi connectivity index (χ2n) is 5.17. The van der Waals surface area contributed by atoms with E-state index in [0.717, 1.165) is 17.9 Å². The van der Waals surface area contributed by atoms with Crippen molar-refractivity contribution in [1.29, 1.82) is 0 Å². The first-order valence-electron chi connectivity index (χ1n) is 6.19. The minimum absolute atomic E-state index is 0.0680. The Balaban J connectivity index is 1.96. The van der Waals surface area contributed by atoms with E-state index >= 15 is 0 Å². The van der Waals surface area contributed by atoms with Crippen molar-refractivity contribution >= 4 is 0 Å². The van der Waals surface area contributed by atoms with Crippen molar-refractivity contribution in [2.75, 3.05) is 6.61 Å². The Hall–Kier alpha value is -1.22. The highest BCUT2D eigenvalue weighted by Gasteiger charge is 2.47. The van der Waals surface area contributed by atoms with Gasteiger partial charge in [-0.3, -0.25) is 0 Å². The fourth-order valence-electron chi connectivity index (χ4n) is 2.06. The monoisotopic (exact) mass is 235 g/mol. The first-order valence-corrected chi connectivity index (χ1v) is 6.19. The summed E-state index contributed by atoms with van der Waals surface area (Å²) in [4.78, 5) is 0. The molecule has 17 heavy (non-hydrogen) atoms. The lowest BCUT2D eigenvalue weighted by molar-refractivity contribution is -0.0400. The normalized spacial score (nSPS) is 26.1. The van der Waals surface area contributed by atoms with E-state index < -0.39 is 0 Å². The first-order chi connectivity index (χ1) is 8.04. The Morgan fingerprint density at radius 1 is 1.24 bits per heavy atom. The van der Waals surface area contributed by atoms with Gasteiger partial charge in [0.1, 0.15) is 17.6 Å². The number of hydrogen-bond donors (Lipinski definition) is 1. The molecule has 0 spiro atoms. The van der Waals surface area contributed by atoms with Gasteiger partial charge < -0.3 is 15.2 Å². The van der Waals surface area contributed by atoms with Crippen LogP contribution in [0, 0.1) is 5.41 Å². The van der Waals surface area contributed by atoms with Crippen LogP contribution in [-0.2, 0) is 0 Å². The molecule has 1 aromatic carbocycles. The minimum atomic E-state index is 0.0680. The van der Waals surface area contributed by atoms with Crippen LogP contribution in [0.15, 0.2) is 24.3 Å². The summed E-state index contributed by atoms with van der Waals surface area (Å²) in [7, 11) is 0. The Morgan fingerprint density at radius 2 is 1.82 bits per heavy atom. The Morgan fingerprint density at radius 3 is 2.29 bits per heavy atom. The van der Waals surface area contributed by atoms with Crippen molar-refractivity contribution in [1.82, 2.24) is 0 Å². The number of benzene rings is 1. The Bertz CT molecular complexity index is 372. The highest BCUT2D eigenvalue weighted by atomic mass is 16.5. The molecule has 1 fully saturated rings. The smallest absolute Gasteiger partial charge is 0.120 e. The summed E-state index contributed by atoms with van der Waals surface area (Å²) >= 11 is 0. The molecule has 2 N–H and O–H groups in total. The molecule has 1 saturated carbocycles. The topological polar surface area (TPSA) is 44.5 Å². The van der Waals surface area contributed by atoms with Gasteiger partial charge in [-0.05, 0) is 31.2 Å². The molecule has 3 nitrogen and oxygen atoms in total. The minimum Gasteiger partial charge on any atom is -0.494 e. The molecular weight excluding hydrogens is 214 g/mol. The SMILES string of the molecule is CCOc1ccc(OC2CC(N)C2(C)C)cc1. The van der Waals surface area contributed by atoms with Crippen LogP contribution in [0.3, 0.4) is 0 Å². The average Bonchev–Trinajstić information content (AvgIpc) is 2.31. The molecule has 1 aliphatic rings. The molecule has 94 valence electrons. The van der Waals surface area contributed by atoms with Gasteiger partial charge in [0.15, 0.2) is 0 Å². The summed E-state index contributed by atoms with van der Waals surface area (Å²) in [5.74, 6) is 1.77. The van der Waals surface area contributed by atoms with E-state index in [1.807, 2.05) is 31.2 Å². The highest BCUT2D eigenvalue weighted by Crippen LogP contribution is 2.41. The third-order valence-electron chi connectivity index (χ3n) is 3.67. The maximum absolute atomic E-state index is 5.96. The lowest BCUT2D eigenvalue weighted by Crippen LogP contribution is -2.60. The van der Waals surface area contributed by atoms with Gasteiger partial charge >= 0.3 is 0 Å². The maximum Gasteiger partial charge on any atom is 0.120 e. The molecule has 1 aromatic rings. The van der Waals surface area contributed by atoms with Crippen LogP contribution in [0.2, 0.25) is 0 Å². The van der Waals surface area contributed by atoms with E-state index in [2.05, 4.69) is 13.8 Å². The van der Waals surface area contributed by atoms with Crippen LogP contribution < -0.4 is 15.2 Å². The lowest BCUT2D eigenvalue weighted by atomic mass is 9.65. The lowest BCUT2D eigenvalue weighted by Gasteiger charge is -2.49. The summed E-state index contributed by atoms with van der Waals surface area (Å²) < 4.78 is 11.3. The number of ether oxygens (including phenoxy) is 2. The van der Waals surface area contributed by atoms with Crippen molar-refractivity contribution < 1.29 is 9.47 Å². The molecule has 3 heteroatoms. The molecule has 0 aliphatic heterocycles. The van der Waals surface area contributed by atoms with Crippen LogP contribution >= 0.6 is 0 Å². The van der Waals surface area contributed by atoms with Gasteiger partial charge in [0.05, 0.1) is 6.61 Å². The summed E-state index contributed by atoms with van der Waals surface area (Å²) in [6, 6.07) is 8.01. The predicted octanol–water partition coefficient (Wildman–Crippen LogP) is 2.59. The molecule has 0 radical (unpaired) electrons. The van der Waals surface area contributed by atoms with Crippen molar-refractivity contribution in [2.45, 2.75) is 39.3 Å². The van der Waals surface area contributed by atoms with Crippen LogP contribution in [0.4, 0.5) is 0 Å². The molecule has 2 atom stereocenters. The molecule has 0 aromatic heterocycles. The van der Waals surface area contributed by atoms with Gasteiger partial charge in [-0.15, -0.1) is 0 Å². The van der Waals surface area contributed by atoms with E-state index in [0.29, 0.717) is 6.61 Å². The van der Waals surface area contributed by atoms with Crippen molar-refractivity contribution in [3.8, 4) is 11.5 Å². The van der Waals surface area contributed by atoms with Gasteiger partial charge in [-0.25, -0.2) is 0 Å². The van der Waals surface area contributed by atoms with Crippen molar-refractivity contribution in [3.63, 3.8) is 0 Å². The summed E-state index contributed by atoms with van der Waals surface area (Å²) in [5.41, 5.74) is 6.03. The summed E-state index contributed by atoms with van der Waals surface area (Å²) in [6.45, 7) is 6.97. The number of nitrogens with two attached hydrogens (primary N) is 1. The van der Waals surface area contributed by atoms with Gasteiger partial charge in [-0.2, -0.15) is 0 Å². The van der Waals surface area contributed by atoms with Gasteiger partial charge in [-0.1, -0.05) is 13.8 Å². The third kappa shape index (κ3) is 2.39. The largest absolute Gasteiger partial charge is 0.494 e. The predicted molar refractivity (Wildman–Crippen MR) is 68.4 cm³/mol. The maximum atomic E-state index is 5.96. The second-order valence-corrected chi connectivity index (χ2v) is 5.17. The van der Waals surface area contributed by atoms with Crippen LogP contribution in [0.5, 0.6) is 11.5 Å². The molecule has 1 aliphatic carbocycles. The third-order valence-corrected chi connectivity index (χ3v) is 3.67. The first kappa shape index (κ1) is 12.2. The molecule has 0 amide bonds. The van der Waals surface area contributed by atoms with Gasteiger partial charge in [0.2, 0.25) is 0 Å². The summed E-state index contributed by atoms with van der Waals surface area (Å²) in [6.07, 6.45) is 1.15. The molecule has 2 rings (SSSR count). The average molecular weight is 235 g/mol. The zero-order valence-corrected chi connectivity index (χ0v) is 10.8. The quantitative estimate of drug-likeness (QED) is 0.872. The highest BCUT2D eigenvalue weighted by molar-refractivity contribution is 5.31. The zero-order valence-electron chi connectivity index (χ0n) is 10.8. The van der Waals surface area contributed by atoms with E-state index in [-0.39, 0.29) is 17.6 Å². The molecule has 0 heterocycles.